The van der Waals surface area contributed by atoms with Crippen molar-refractivity contribution in [1.82, 2.24) is 14.8 Å². The van der Waals surface area contributed by atoms with E-state index in [4.69, 9.17) is 6.42 Å². The molecule has 0 spiro atoms. The normalized spacial score (nSPS) is 15.3. The van der Waals surface area contributed by atoms with E-state index in [-0.39, 0.29) is 36.6 Å². The molecular formula is C25H26BrN5O2. The van der Waals surface area contributed by atoms with Crippen LogP contribution in [0.2, 0.25) is 0 Å². The van der Waals surface area contributed by atoms with Crippen LogP contribution in [0, 0.1) is 12.3 Å². The molecule has 1 amide bonds. The zero-order chi connectivity index (χ0) is 23.2. The number of rotatable bonds is 7. The van der Waals surface area contributed by atoms with Gasteiger partial charge in [0.25, 0.3) is 5.91 Å². The Kier molecular flexibility index (Phi) is 7.55. The first-order valence-electron chi connectivity index (χ1n) is 10.9. The van der Waals surface area contributed by atoms with Gasteiger partial charge in [0.2, 0.25) is 5.88 Å². The molecular weight excluding hydrogens is 482 g/mol. The Labute approximate surface area is 201 Å². The number of halogens is 1. The molecule has 0 bridgehead atoms. The molecule has 8 heteroatoms. The molecule has 0 saturated carbocycles. The lowest BCUT2D eigenvalue weighted by Crippen LogP contribution is -2.43. The van der Waals surface area contributed by atoms with Gasteiger partial charge in [-0.15, -0.1) is 16.7 Å². The number of azo groups is 1. The summed E-state index contributed by atoms with van der Waals surface area (Å²) in [6.07, 6.45) is 7.38. The Morgan fingerprint density at radius 2 is 1.97 bits per heavy atom. The monoisotopic (exact) mass is 507 g/mol. The Morgan fingerprint density at radius 3 is 2.70 bits per heavy atom. The molecule has 1 aliphatic rings. The van der Waals surface area contributed by atoms with E-state index in [0.29, 0.717) is 5.39 Å². The number of piperidine rings is 1. The van der Waals surface area contributed by atoms with Crippen molar-refractivity contribution in [3.8, 4) is 18.2 Å². The highest BCUT2D eigenvalue weighted by Crippen LogP contribution is 2.39. The minimum atomic E-state index is -0.381. The predicted molar refractivity (Wildman–Crippen MR) is 132 cm³/mol. The molecule has 4 rings (SSSR count). The zero-order valence-electron chi connectivity index (χ0n) is 18.2. The molecule has 2 aromatic carbocycles. The van der Waals surface area contributed by atoms with E-state index in [1.165, 1.54) is 5.56 Å². The van der Waals surface area contributed by atoms with Crippen LogP contribution < -0.4 is 5.32 Å². The van der Waals surface area contributed by atoms with Gasteiger partial charge in [0.15, 0.2) is 5.69 Å². The van der Waals surface area contributed by atoms with Crippen molar-refractivity contribution in [1.29, 1.82) is 0 Å². The Hall–Kier alpha value is -2.99. The van der Waals surface area contributed by atoms with Gasteiger partial charge in [-0.05, 0) is 49.7 Å². The first-order chi connectivity index (χ1) is 16.0. The summed E-state index contributed by atoms with van der Waals surface area (Å²) in [6.45, 7) is 3.23. The second-order valence-electron chi connectivity index (χ2n) is 8.13. The number of likely N-dealkylation sites (tertiary alicyclic amines) is 1. The van der Waals surface area contributed by atoms with Crippen LogP contribution in [0.5, 0.6) is 5.88 Å². The van der Waals surface area contributed by atoms with Gasteiger partial charge in [0.05, 0.1) is 18.6 Å². The highest BCUT2D eigenvalue weighted by molar-refractivity contribution is 9.10. The summed E-state index contributed by atoms with van der Waals surface area (Å²) >= 11 is 3.43. The van der Waals surface area contributed by atoms with E-state index in [1.54, 1.807) is 4.57 Å². The van der Waals surface area contributed by atoms with E-state index >= 15 is 0 Å². The molecule has 2 N–H and O–H groups in total. The molecule has 170 valence electrons. The van der Waals surface area contributed by atoms with Crippen molar-refractivity contribution in [2.24, 2.45) is 10.2 Å². The van der Waals surface area contributed by atoms with Crippen molar-refractivity contribution < 1.29 is 9.90 Å². The third-order valence-electron chi connectivity index (χ3n) is 5.86. The number of fused-ring (bicyclic) bond motifs is 1. The summed E-state index contributed by atoms with van der Waals surface area (Å²) in [6, 6.07) is 16.2. The molecule has 2 heterocycles. The molecule has 0 radical (unpaired) electrons. The standard InChI is InChI=1S/C25H26BrN5O2/c1-2-12-31-22-9-8-19(26)15-21(22)24(25(31)33)29-28-23(32)16-27-20-10-13-30(14-11-20)17-18-6-4-3-5-7-18/h1,3-9,15,20,27,33H,10-14,16-17H2. The van der Waals surface area contributed by atoms with Gasteiger partial charge in [-0.2, -0.15) is 0 Å². The molecule has 1 fully saturated rings. The van der Waals surface area contributed by atoms with E-state index in [0.717, 1.165) is 42.5 Å². The smallest absolute Gasteiger partial charge is 0.278 e. The number of carbonyl (C=O) groups is 1. The Bertz CT molecular complexity index is 1190. The first kappa shape index (κ1) is 23.2. The minimum absolute atomic E-state index is 0.101. The zero-order valence-corrected chi connectivity index (χ0v) is 19.8. The van der Waals surface area contributed by atoms with Crippen molar-refractivity contribution in [2.75, 3.05) is 19.6 Å². The fraction of sp³-hybridized carbons (Fsp3) is 0.320. The largest absolute Gasteiger partial charge is 0.493 e. The molecule has 7 nitrogen and oxygen atoms in total. The number of amides is 1. The molecule has 33 heavy (non-hydrogen) atoms. The van der Waals surface area contributed by atoms with Crippen LogP contribution in [0.15, 0.2) is 63.2 Å². The van der Waals surface area contributed by atoms with Crippen LogP contribution in [0.25, 0.3) is 10.9 Å². The van der Waals surface area contributed by atoms with Crippen LogP contribution in [-0.4, -0.2) is 46.2 Å². The second-order valence-corrected chi connectivity index (χ2v) is 9.05. The van der Waals surface area contributed by atoms with Gasteiger partial charge >= 0.3 is 0 Å². The number of aromatic nitrogens is 1. The predicted octanol–water partition coefficient (Wildman–Crippen LogP) is 4.61. The van der Waals surface area contributed by atoms with Gasteiger partial charge < -0.3 is 10.4 Å². The summed E-state index contributed by atoms with van der Waals surface area (Å²) in [5.74, 6) is 2.04. The third-order valence-corrected chi connectivity index (χ3v) is 6.35. The van der Waals surface area contributed by atoms with Crippen LogP contribution in [0.4, 0.5) is 5.69 Å². The second kappa shape index (κ2) is 10.8. The Morgan fingerprint density at radius 1 is 1.21 bits per heavy atom. The molecule has 1 aliphatic heterocycles. The lowest BCUT2D eigenvalue weighted by atomic mass is 10.0. The number of benzene rings is 2. The topological polar surface area (TPSA) is 82.2 Å². The molecule has 1 aromatic heterocycles. The summed E-state index contributed by atoms with van der Waals surface area (Å²) in [4.78, 5) is 14.8. The minimum Gasteiger partial charge on any atom is -0.493 e. The fourth-order valence-electron chi connectivity index (χ4n) is 4.16. The third kappa shape index (κ3) is 5.69. The highest BCUT2D eigenvalue weighted by atomic mass is 79.9. The van der Waals surface area contributed by atoms with Crippen LogP contribution in [0.1, 0.15) is 18.4 Å². The number of carbonyl (C=O) groups excluding carboxylic acids is 1. The van der Waals surface area contributed by atoms with Crippen LogP contribution in [-0.2, 0) is 17.9 Å². The maximum atomic E-state index is 12.3. The summed E-state index contributed by atoms with van der Waals surface area (Å²) < 4.78 is 2.40. The number of nitrogens with one attached hydrogen (secondary N) is 1. The highest BCUT2D eigenvalue weighted by Gasteiger charge is 2.20. The van der Waals surface area contributed by atoms with Gasteiger partial charge in [0.1, 0.15) is 0 Å². The van der Waals surface area contributed by atoms with Gasteiger partial charge in [-0.3, -0.25) is 14.3 Å². The summed E-state index contributed by atoms with van der Waals surface area (Å²) in [5.41, 5.74) is 2.29. The number of nitrogens with zero attached hydrogens (tertiary/aromatic N) is 4. The fourth-order valence-corrected chi connectivity index (χ4v) is 4.52. The number of aromatic hydroxyl groups is 1. The average Bonchev–Trinajstić information content (AvgIpc) is 3.08. The molecule has 3 aromatic rings. The number of hydrogen-bond acceptors (Lipinski definition) is 5. The van der Waals surface area contributed by atoms with Gasteiger partial charge in [-0.1, -0.05) is 52.2 Å². The summed E-state index contributed by atoms with van der Waals surface area (Å²) in [5, 5.41) is 22.5. The molecule has 1 saturated heterocycles. The maximum absolute atomic E-state index is 12.3. The van der Waals surface area contributed by atoms with E-state index in [2.05, 4.69) is 66.6 Å². The average molecular weight is 508 g/mol. The van der Waals surface area contributed by atoms with Crippen LogP contribution in [0.3, 0.4) is 0 Å². The van der Waals surface area contributed by atoms with Gasteiger partial charge in [-0.25, -0.2) is 0 Å². The van der Waals surface area contributed by atoms with Crippen molar-refractivity contribution >= 4 is 38.4 Å². The van der Waals surface area contributed by atoms with Crippen molar-refractivity contribution in [3.05, 3.63) is 58.6 Å². The molecule has 0 aliphatic carbocycles. The van der Waals surface area contributed by atoms with Crippen molar-refractivity contribution in [2.45, 2.75) is 32.0 Å². The lowest BCUT2D eigenvalue weighted by molar-refractivity contribution is -0.117. The lowest BCUT2D eigenvalue weighted by Gasteiger charge is -2.32. The quantitative estimate of drug-likeness (QED) is 0.361. The SMILES string of the molecule is C#CCn1c(O)c(N=NC(=O)CNC2CCN(Cc3ccccc3)CC2)c2cc(Br)ccc21. The Balaban J connectivity index is 1.32. The number of terminal acetylenes is 1. The van der Waals surface area contributed by atoms with E-state index in [9.17, 15) is 9.90 Å². The van der Waals surface area contributed by atoms with Crippen LogP contribution >= 0.6 is 15.9 Å². The van der Waals surface area contributed by atoms with Gasteiger partial charge in [0, 0.05) is 22.4 Å². The van der Waals surface area contributed by atoms with E-state index < -0.39 is 0 Å². The summed E-state index contributed by atoms with van der Waals surface area (Å²) in [7, 11) is 0. The molecule has 0 unspecified atom stereocenters. The van der Waals surface area contributed by atoms with Crippen molar-refractivity contribution in [3.63, 3.8) is 0 Å². The maximum Gasteiger partial charge on any atom is 0.278 e. The first-order valence-corrected chi connectivity index (χ1v) is 11.7. The van der Waals surface area contributed by atoms with E-state index in [1.807, 2.05) is 24.3 Å². The number of hydrogen-bond donors (Lipinski definition) is 2. The molecule has 0 atom stereocenters.